The average molecular weight is 195 g/mol. The van der Waals surface area contributed by atoms with E-state index in [1.54, 1.807) is 0 Å². The van der Waals surface area contributed by atoms with Crippen molar-refractivity contribution in [1.29, 1.82) is 0 Å². The molecular weight excluding hydrogens is 182 g/mol. The first-order valence-electron chi connectivity index (χ1n) is 4.87. The molecule has 76 valence electrons. The fourth-order valence-electron chi connectivity index (χ4n) is 1.78. The Hall–Kier alpha value is -1.39. The van der Waals surface area contributed by atoms with Gasteiger partial charge in [0.15, 0.2) is 0 Å². The molecule has 1 aliphatic heterocycles. The first kappa shape index (κ1) is 9.18. The quantitative estimate of drug-likeness (QED) is 0.605. The van der Waals surface area contributed by atoms with Gasteiger partial charge in [-0.3, -0.25) is 20.2 Å². The standard InChI is InChI=1S/C9H13N3O2/c1-2-9(4-3-5-9)12-8-10-6(13)7(14)11-8/h2-5H2,1H3,(H2,10,11,12,13,14). The van der Waals surface area contributed by atoms with Crippen LogP contribution in [-0.4, -0.2) is 23.3 Å². The van der Waals surface area contributed by atoms with Crippen molar-refractivity contribution < 1.29 is 9.59 Å². The van der Waals surface area contributed by atoms with Crippen molar-refractivity contribution in [2.75, 3.05) is 0 Å². The van der Waals surface area contributed by atoms with Crippen molar-refractivity contribution in [2.45, 2.75) is 38.1 Å². The fraction of sp³-hybridized carbons (Fsp3) is 0.667. The largest absolute Gasteiger partial charge is 0.316 e. The molecule has 0 spiro atoms. The van der Waals surface area contributed by atoms with Crippen LogP contribution < -0.4 is 10.6 Å². The molecule has 0 aromatic rings. The Balaban J connectivity index is 2.11. The maximum Gasteiger partial charge on any atom is 0.316 e. The highest BCUT2D eigenvalue weighted by Crippen LogP contribution is 2.38. The highest BCUT2D eigenvalue weighted by molar-refractivity contribution is 6.45. The minimum absolute atomic E-state index is 0.0414. The predicted octanol–water partition coefficient (Wildman–Crippen LogP) is -0.0789. The summed E-state index contributed by atoms with van der Waals surface area (Å²) in [5, 5.41) is 4.82. The van der Waals surface area contributed by atoms with Gasteiger partial charge in [-0.15, -0.1) is 0 Å². The summed E-state index contributed by atoms with van der Waals surface area (Å²) in [7, 11) is 0. The number of carbonyl (C=O) groups excluding carboxylic acids is 2. The van der Waals surface area contributed by atoms with Gasteiger partial charge in [0.05, 0.1) is 5.54 Å². The van der Waals surface area contributed by atoms with Crippen LogP contribution in [0, 0.1) is 0 Å². The third-order valence-electron chi connectivity index (χ3n) is 2.96. The van der Waals surface area contributed by atoms with E-state index in [1.165, 1.54) is 6.42 Å². The van der Waals surface area contributed by atoms with Crippen LogP contribution in [0.1, 0.15) is 32.6 Å². The maximum atomic E-state index is 10.9. The minimum atomic E-state index is -0.616. The summed E-state index contributed by atoms with van der Waals surface area (Å²) in [5.41, 5.74) is -0.0414. The summed E-state index contributed by atoms with van der Waals surface area (Å²) < 4.78 is 0. The zero-order chi connectivity index (χ0) is 10.2. The van der Waals surface area contributed by atoms with Gasteiger partial charge in [-0.25, -0.2) is 4.99 Å². The lowest BCUT2D eigenvalue weighted by atomic mass is 9.75. The second-order valence-electron chi connectivity index (χ2n) is 3.80. The Morgan fingerprint density at radius 1 is 1.29 bits per heavy atom. The molecule has 5 nitrogen and oxygen atoms in total. The SMILES string of the molecule is CCC1(N=C2NC(=O)C(=O)N2)CCC1. The first-order valence-corrected chi connectivity index (χ1v) is 4.87. The van der Waals surface area contributed by atoms with Crippen LogP contribution in [0.25, 0.3) is 0 Å². The molecule has 1 saturated heterocycles. The number of nitrogens with zero attached hydrogens (tertiary/aromatic N) is 1. The third-order valence-corrected chi connectivity index (χ3v) is 2.96. The number of nitrogens with one attached hydrogen (secondary N) is 2. The van der Waals surface area contributed by atoms with E-state index >= 15 is 0 Å². The number of rotatable bonds is 2. The molecule has 14 heavy (non-hydrogen) atoms. The predicted molar refractivity (Wildman–Crippen MR) is 50.6 cm³/mol. The van der Waals surface area contributed by atoms with E-state index in [4.69, 9.17) is 0 Å². The van der Waals surface area contributed by atoms with Crippen LogP contribution in [0.4, 0.5) is 0 Å². The van der Waals surface area contributed by atoms with Crippen LogP contribution in [0.15, 0.2) is 4.99 Å². The molecule has 2 N–H and O–H groups in total. The zero-order valence-corrected chi connectivity index (χ0v) is 8.09. The molecule has 0 aromatic heterocycles. The summed E-state index contributed by atoms with van der Waals surface area (Å²) in [4.78, 5) is 26.1. The maximum absolute atomic E-state index is 10.9. The van der Waals surface area contributed by atoms with Gasteiger partial charge in [0, 0.05) is 0 Å². The Bertz CT molecular complexity index is 295. The molecule has 1 aliphatic carbocycles. The van der Waals surface area contributed by atoms with Gasteiger partial charge in [0.25, 0.3) is 0 Å². The zero-order valence-electron chi connectivity index (χ0n) is 8.09. The minimum Gasteiger partial charge on any atom is -0.288 e. The van der Waals surface area contributed by atoms with E-state index in [1.807, 2.05) is 0 Å². The van der Waals surface area contributed by atoms with Crippen LogP contribution in [0.3, 0.4) is 0 Å². The number of hydrogen-bond acceptors (Lipinski definition) is 3. The van der Waals surface area contributed by atoms with Crippen molar-refractivity contribution >= 4 is 17.8 Å². The van der Waals surface area contributed by atoms with Crippen LogP contribution in [0.5, 0.6) is 0 Å². The summed E-state index contributed by atoms with van der Waals surface area (Å²) in [6, 6.07) is 0. The van der Waals surface area contributed by atoms with Gasteiger partial charge in [0.2, 0.25) is 5.96 Å². The molecule has 0 atom stereocenters. The molecule has 2 aliphatic rings. The molecular formula is C9H13N3O2. The van der Waals surface area contributed by atoms with E-state index in [0.29, 0.717) is 5.96 Å². The lowest BCUT2D eigenvalue weighted by molar-refractivity contribution is -0.135. The lowest BCUT2D eigenvalue weighted by Gasteiger charge is -2.37. The molecule has 1 saturated carbocycles. The van der Waals surface area contributed by atoms with E-state index in [0.717, 1.165) is 19.3 Å². The van der Waals surface area contributed by atoms with Crippen molar-refractivity contribution in [3.8, 4) is 0 Å². The summed E-state index contributed by atoms with van der Waals surface area (Å²) >= 11 is 0. The Morgan fingerprint density at radius 3 is 2.21 bits per heavy atom. The number of guanidine groups is 1. The van der Waals surface area contributed by atoms with Gasteiger partial charge in [-0.1, -0.05) is 6.92 Å². The van der Waals surface area contributed by atoms with Crippen LogP contribution in [-0.2, 0) is 9.59 Å². The molecule has 2 fully saturated rings. The fourth-order valence-corrected chi connectivity index (χ4v) is 1.78. The van der Waals surface area contributed by atoms with Crippen molar-refractivity contribution in [3.05, 3.63) is 0 Å². The monoisotopic (exact) mass is 195 g/mol. The molecule has 2 rings (SSSR count). The number of hydrogen-bond donors (Lipinski definition) is 2. The number of aliphatic imine (C=N–C) groups is 1. The number of amides is 2. The summed E-state index contributed by atoms with van der Waals surface area (Å²) in [6.45, 7) is 2.07. The first-order chi connectivity index (χ1) is 6.65. The van der Waals surface area contributed by atoms with Gasteiger partial charge < -0.3 is 0 Å². The third kappa shape index (κ3) is 1.38. The molecule has 1 heterocycles. The molecule has 2 amide bonds. The van der Waals surface area contributed by atoms with Gasteiger partial charge >= 0.3 is 11.8 Å². The van der Waals surface area contributed by atoms with E-state index in [2.05, 4.69) is 22.5 Å². The second-order valence-corrected chi connectivity index (χ2v) is 3.80. The summed E-state index contributed by atoms with van der Waals surface area (Å²) in [5.74, 6) is -0.912. The topological polar surface area (TPSA) is 70.6 Å². The van der Waals surface area contributed by atoms with Crippen molar-refractivity contribution in [2.24, 2.45) is 4.99 Å². The van der Waals surface area contributed by atoms with Crippen molar-refractivity contribution in [3.63, 3.8) is 0 Å². The van der Waals surface area contributed by atoms with E-state index in [-0.39, 0.29) is 5.54 Å². The highest BCUT2D eigenvalue weighted by atomic mass is 16.2. The Labute approximate surface area is 82.0 Å². The van der Waals surface area contributed by atoms with Gasteiger partial charge in [-0.2, -0.15) is 0 Å². The molecule has 0 unspecified atom stereocenters. The van der Waals surface area contributed by atoms with Crippen LogP contribution >= 0.6 is 0 Å². The average Bonchev–Trinajstić information content (AvgIpc) is 2.39. The second kappa shape index (κ2) is 3.08. The summed E-state index contributed by atoms with van der Waals surface area (Å²) in [6.07, 6.45) is 4.20. The Kier molecular flexibility index (Phi) is 2.02. The Morgan fingerprint density at radius 2 is 1.86 bits per heavy atom. The molecule has 0 bridgehead atoms. The van der Waals surface area contributed by atoms with Crippen molar-refractivity contribution in [1.82, 2.24) is 10.6 Å². The van der Waals surface area contributed by atoms with Crippen LogP contribution in [0.2, 0.25) is 0 Å². The smallest absolute Gasteiger partial charge is 0.288 e. The van der Waals surface area contributed by atoms with Gasteiger partial charge in [-0.05, 0) is 25.7 Å². The lowest BCUT2D eigenvalue weighted by Crippen LogP contribution is -2.39. The van der Waals surface area contributed by atoms with E-state index < -0.39 is 11.8 Å². The number of carbonyl (C=O) groups is 2. The normalized spacial score (nSPS) is 23.9. The molecule has 0 aromatic carbocycles. The molecule has 0 radical (unpaired) electrons. The molecule has 5 heteroatoms. The highest BCUT2D eigenvalue weighted by Gasteiger charge is 2.37. The van der Waals surface area contributed by atoms with Gasteiger partial charge in [0.1, 0.15) is 0 Å². The van der Waals surface area contributed by atoms with E-state index in [9.17, 15) is 9.59 Å².